The van der Waals surface area contributed by atoms with Crippen molar-refractivity contribution in [3.63, 3.8) is 0 Å². The molecule has 3 aromatic rings. The molecular formula is C19H20N4O2. The maximum atomic E-state index is 12.5. The van der Waals surface area contributed by atoms with Gasteiger partial charge in [0.2, 0.25) is 0 Å². The molecule has 3 rings (SSSR count). The molecule has 1 N–H and O–H groups in total. The molecule has 1 heterocycles. The number of anilines is 1. The second-order valence-electron chi connectivity index (χ2n) is 5.69. The smallest absolute Gasteiger partial charge is 0.278 e. The number of carbonyl (C=O) groups is 1. The van der Waals surface area contributed by atoms with Crippen molar-refractivity contribution in [1.29, 1.82) is 0 Å². The molecule has 0 aliphatic heterocycles. The van der Waals surface area contributed by atoms with Crippen molar-refractivity contribution >= 4 is 11.6 Å². The minimum Gasteiger partial charge on any atom is -0.494 e. The molecule has 128 valence electrons. The lowest BCUT2D eigenvalue weighted by atomic mass is 10.2. The molecule has 1 aromatic heterocycles. The Bertz CT molecular complexity index is 885. The standard InChI is InChI=1S/C19H20N4O2/c1-4-25-17-10-8-15(9-11-17)20-19(24)18-14(3)23(22-21-18)16-7-5-6-13(2)12-16/h5-12H,4H2,1-3H3,(H,20,24). The number of hydrogen-bond donors (Lipinski definition) is 1. The zero-order valence-corrected chi connectivity index (χ0v) is 14.5. The van der Waals surface area contributed by atoms with Crippen molar-refractivity contribution in [1.82, 2.24) is 15.0 Å². The molecule has 0 radical (unpaired) electrons. The fraction of sp³-hybridized carbons (Fsp3) is 0.211. The lowest BCUT2D eigenvalue weighted by Crippen LogP contribution is -2.14. The van der Waals surface area contributed by atoms with Crippen LogP contribution in [0.2, 0.25) is 0 Å². The summed E-state index contributed by atoms with van der Waals surface area (Å²) in [4.78, 5) is 12.5. The number of aryl methyl sites for hydroxylation is 1. The molecule has 0 saturated carbocycles. The van der Waals surface area contributed by atoms with Gasteiger partial charge in [-0.1, -0.05) is 17.3 Å². The van der Waals surface area contributed by atoms with Crippen LogP contribution in [0.5, 0.6) is 5.75 Å². The molecule has 0 atom stereocenters. The molecule has 0 fully saturated rings. The molecule has 0 unspecified atom stereocenters. The Morgan fingerprint density at radius 3 is 2.60 bits per heavy atom. The van der Waals surface area contributed by atoms with Gasteiger partial charge >= 0.3 is 0 Å². The van der Waals surface area contributed by atoms with Crippen molar-refractivity contribution in [2.75, 3.05) is 11.9 Å². The summed E-state index contributed by atoms with van der Waals surface area (Å²) in [5.41, 5.74) is 3.67. The van der Waals surface area contributed by atoms with E-state index >= 15 is 0 Å². The summed E-state index contributed by atoms with van der Waals surface area (Å²) in [5.74, 6) is 0.475. The quantitative estimate of drug-likeness (QED) is 0.774. The van der Waals surface area contributed by atoms with Crippen molar-refractivity contribution in [3.8, 4) is 11.4 Å². The molecular weight excluding hydrogens is 316 g/mol. The third kappa shape index (κ3) is 3.68. The van der Waals surface area contributed by atoms with Crippen LogP contribution in [0.4, 0.5) is 5.69 Å². The first-order valence-corrected chi connectivity index (χ1v) is 8.12. The van der Waals surface area contributed by atoms with Crippen LogP contribution in [-0.4, -0.2) is 27.5 Å². The molecule has 0 saturated heterocycles. The topological polar surface area (TPSA) is 69.0 Å². The highest BCUT2D eigenvalue weighted by Crippen LogP contribution is 2.18. The number of ether oxygens (including phenoxy) is 1. The Kier molecular flexibility index (Phi) is 4.79. The van der Waals surface area contributed by atoms with Gasteiger partial charge in [-0.3, -0.25) is 4.79 Å². The second-order valence-corrected chi connectivity index (χ2v) is 5.69. The first-order chi connectivity index (χ1) is 12.1. The molecule has 0 bridgehead atoms. The Hall–Kier alpha value is -3.15. The van der Waals surface area contributed by atoms with E-state index in [-0.39, 0.29) is 5.91 Å². The third-order valence-corrected chi connectivity index (χ3v) is 3.78. The van der Waals surface area contributed by atoms with Crippen LogP contribution < -0.4 is 10.1 Å². The van der Waals surface area contributed by atoms with Gasteiger partial charge in [0.15, 0.2) is 5.69 Å². The predicted molar refractivity (Wildman–Crippen MR) is 96.4 cm³/mol. The van der Waals surface area contributed by atoms with Crippen LogP contribution in [0.15, 0.2) is 48.5 Å². The monoisotopic (exact) mass is 336 g/mol. The average Bonchev–Trinajstić information content (AvgIpc) is 2.98. The van der Waals surface area contributed by atoms with Gasteiger partial charge in [-0.05, 0) is 62.7 Å². The van der Waals surface area contributed by atoms with E-state index < -0.39 is 0 Å². The number of amides is 1. The molecule has 1 amide bonds. The normalized spacial score (nSPS) is 10.5. The minimum atomic E-state index is -0.291. The molecule has 0 aliphatic rings. The minimum absolute atomic E-state index is 0.291. The number of nitrogens with one attached hydrogen (secondary N) is 1. The molecule has 0 aliphatic carbocycles. The Morgan fingerprint density at radius 1 is 1.16 bits per heavy atom. The zero-order chi connectivity index (χ0) is 17.8. The van der Waals surface area contributed by atoms with E-state index in [0.29, 0.717) is 23.7 Å². The number of aromatic nitrogens is 3. The van der Waals surface area contributed by atoms with Crippen LogP contribution in [0.1, 0.15) is 28.7 Å². The highest BCUT2D eigenvalue weighted by atomic mass is 16.5. The second kappa shape index (κ2) is 7.17. The van der Waals surface area contributed by atoms with Crippen LogP contribution in [0, 0.1) is 13.8 Å². The molecule has 6 heteroatoms. The number of rotatable bonds is 5. The van der Waals surface area contributed by atoms with E-state index in [1.807, 2.05) is 57.2 Å². The van der Waals surface area contributed by atoms with Crippen LogP contribution >= 0.6 is 0 Å². The molecule has 0 spiro atoms. The Balaban J connectivity index is 1.79. The number of carbonyl (C=O) groups excluding carboxylic acids is 1. The largest absolute Gasteiger partial charge is 0.494 e. The summed E-state index contributed by atoms with van der Waals surface area (Å²) in [6, 6.07) is 15.1. The van der Waals surface area contributed by atoms with E-state index in [1.165, 1.54) is 0 Å². The first-order valence-electron chi connectivity index (χ1n) is 8.12. The van der Waals surface area contributed by atoms with Gasteiger partial charge in [0.25, 0.3) is 5.91 Å². The summed E-state index contributed by atoms with van der Waals surface area (Å²) >= 11 is 0. The van der Waals surface area contributed by atoms with Crippen LogP contribution in [-0.2, 0) is 0 Å². The highest BCUT2D eigenvalue weighted by Gasteiger charge is 2.17. The average molecular weight is 336 g/mol. The lowest BCUT2D eigenvalue weighted by Gasteiger charge is -2.07. The molecule has 6 nitrogen and oxygen atoms in total. The fourth-order valence-electron chi connectivity index (χ4n) is 2.54. The summed E-state index contributed by atoms with van der Waals surface area (Å²) in [7, 11) is 0. The van der Waals surface area contributed by atoms with E-state index in [2.05, 4.69) is 15.6 Å². The molecule has 25 heavy (non-hydrogen) atoms. The predicted octanol–water partition coefficient (Wildman–Crippen LogP) is 3.54. The van der Waals surface area contributed by atoms with Crippen molar-refractivity contribution in [2.24, 2.45) is 0 Å². The Morgan fingerprint density at radius 2 is 1.92 bits per heavy atom. The lowest BCUT2D eigenvalue weighted by molar-refractivity contribution is 0.102. The maximum absolute atomic E-state index is 12.5. The van der Waals surface area contributed by atoms with Gasteiger partial charge < -0.3 is 10.1 Å². The van der Waals surface area contributed by atoms with Crippen molar-refractivity contribution in [2.45, 2.75) is 20.8 Å². The zero-order valence-electron chi connectivity index (χ0n) is 14.5. The van der Waals surface area contributed by atoms with E-state index in [9.17, 15) is 4.79 Å². The number of benzene rings is 2. The highest BCUT2D eigenvalue weighted by molar-refractivity contribution is 6.03. The Labute approximate surface area is 146 Å². The number of nitrogens with zero attached hydrogens (tertiary/aromatic N) is 3. The van der Waals surface area contributed by atoms with Gasteiger partial charge in [0.05, 0.1) is 18.0 Å². The first kappa shape index (κ1) is 16.7. The van der Waals surface area contributed by atoms with Crippen molar-refractivity contribution < 1.29 is 9.53 Å². The summed E-state index contributed by atoms with van der Waals surface area (Å²) in [5, 5.41) is 11.0. The van der Waals surface area contributed by atoms with E-state index in [4.69, 9.17) is 4.74 Å². The number of hydrogen-bond acceptors (Lipinski definition) is 4. The molecule has 2 aromatic carbocycles. The maximum Gasteiger partial charge on any atom is 0.278 e. The summed E-state index contributed by atoms with van der Waals surface area (Å²) in [6.45, 7) is 6.37. The van der Waals surface area contributed by atoms with Crippen LogP contribution in [0.25, 0.3) is 5.69 Å². The summed E-state index contributed by atoms with van der Waals surface area (Å²) in [6.07, 6.45) is 0. The van der Waals surface area contributed by atoms with Gasteiger partial charge in [0, 0.05) is 5.69 Å². The van der Waals surface area contributed by atoms with Gasteiger partial charge in [-0.2, -0.15) is 0 Å². The van der Waals surface area contributed by atoms with Gasteiger partial charge in [-0.25, -0.2) is 4.68 Å². The summed E-state index contributed by atoms with van der Waals surface area (Å²) < 4.78 is 7.06. The fourth-order valence-corrected chi connectivity index (χ4v) is 2.54. The van der Waals surface area contributed by atoms with Crippen molar-refractivity contribution in [3.05, 3.63) is 65.5 Å². The SMILES string of the molecule is CCOc1ccc(NC(=O)c2nnn(-c3cccc(C)c3)c2C)cc1. The third-order valence-electron chi connectivity index (χ3n) is 3.78. The van der Waals surface area contributed by atoms with Crippen LogP contribution in [0.3, 0.4) is 0 Å². The van der Waals surface area contributed by atoms with Gasteiger partial charge in [-0.15, -0.1) is 5.10 Å². The van der Waals surface area contributed by atoms with Gasteiger partial charge in [0.1, 0.15) is 5.75 Å². The van der Waals surface area contributed by atoms with E-state index in [1.54, 1.807) is 16.8 Å². The van der Waals surface area contributed by atoms with E-state index in [0.717, 1.165) is 17.0 Å².